The fourth-order valence-electron chi connectivity index (χ4n) is 2.96. The van der Waals surface area contributed by atoms with Crippen LogP contribution in [0.15, 0.2) is 47.8 Å². The second kappa shape index (κ2) is 7.69. The number of nitrogens with zero attached hydrogens (tertiary/aromatic N) is 2. The Morgan fingerprint density at radius 2 is 1.93 bits per heavy atom. The van der Waals surface area contributed by atoms with E-state index >= 15 is 0 Å². The molecule has 4 aromatic rings. The number of nitrogens with two attached hydrogens (primary N) is 1. The molecule has 0 saturated heterocycles. The van der Waals surface area contributed by atoms with Gasteiger partial charge in [0.1, 0.15) is 9.71 Å². The highest BCUT2D eigenvalue weighted by Gasteiger charge is 2.19. The highest BCUT2D eigenvalue weighted by Crippen LogP contribution is 2.34. The average molecular weight is 409 g/mol. The number of amides is 1. The third-order valence-electron chi connectivity index (χ3n) is 4.27. The first kappa shape index (κ1) is 18.6. The van der Waals surface area contributed by atoms with Crippen LogP contribution < -0.4 is 11.1 Å². The number of hydrogen-bond acceptors (Lipinski definition) is 6. The zero-order chi connectivity index (χ0) is 19.7. The van der Waals surface area contributed by atoms with Crippen molar-refractivity contribution in [3.05, 3.63) is 58.4 Å². The molecule has 0 spiro atoms. The fourth-order valence-corrected chi connectivity index (χ4v) is 4.69. The van der Waals surface area contributed by atoms with Gasteiger partial charge in [0.25, 0.3) is 5.91 Å². The Kier molecular flexibility index (Phi) is 5.11. The number of carbonyl (C=O) groups excluding carboxylic acids is 1. The Balaban J connectivity index is 1.57. The van der Waals surface area contributed by atoms with E-state index in [4.69, 9.17) is 5.73 Å². The second-order valence-electron chi connectivity index (χ2n) is 6.96. The van der Waals surface area contributed by atoms with Crippen molar-refractivity contribution >= 4 is 49.6 Å². The molecule has 5 nitrogen and oxygen atoms in total. The molecule has 28 heavy (non-hydrogen) atoms. The monoisotopic (exact) mass is 408 g/mol. The molecule has 0 aliphatic carbocycles. The highest BCUT2D eigenvalue weighted by atomic mass is 32.1. The van der Waals surface area contributed by atoms with Crippen molar-refractivity contribution in [2.45, 2.75) is 20.3 Å². The predicted octanol–water partition coefficient (Wildman–Crippen LogP) is 5.45. The van der Waals surface area contributed by atoms with Gasteiger partial charge in [-0.05, 0) is 24.5 Å². The summed E-state index contributed by atoms with van der Waals surface area (Å²) in [4.78, 5) is 23.2. The minimum atomic E-state index is -0.250. The van der Waals surface area contributed by atoms with Crippen molar-refractivity contribution in [3.8, 4) is 11.3 Å². The van der Waals surface area contributed by atoms with Crippen molar-refractivity contribution in [1.29, 1.82) is 0 Å². The number of rotatable bonds is 5. The lowest BCUT2D eigenvalue weighted by molar-refractivity contribution is 0.103. The molecule has 1 amide bonds. The van der Waals surface area contributed by atoms with Crippen molar-refractivity contribution in [2.24, 2.45) is 5.92 Å². The number of thiophene rings is 1. The number of carbonyl (C=O) groups is 1. The molecule has 0 bridgehead atoms. The third-order valence-corrected chi connectivity index (χ3v) is 6.14. The van der Waals surface area contributed by atoms with E-state index in [9.17, 15) is 4.79 Å². The zero-order valence-corrected chi connectivity index (χ0v) is 17.2. The quantitative estimate of drug-likeness (QED) is 0.460. The van der Waals surface area contributed by atoms with E-state index in [1.165, 1.54) is 22.7 Å². The van der Waals surface area contributed by atoms with Gasteiger partial charge in [-0.3, -0.25) is 10.1 Å². The van der Waals surface area contributed by atoms with Crippen molar-refractivity contribution in [1.82, 2.24) is 9.97 Å². The Bertz CT molecular complexity index is 1130. The van der Waals surface area contributed by atoms with E-state index in [2.05, 4.69) is 29.1 Å². The summed E-state index contributed by atoms with van der Waals surface area (Å²) in [6.45, 7) is 4.32. The van der Waals surface area contributed by atoms with Crippen LogP contribution >= 0.6 is 22.7 Å². The van der Waals surface area contributed by atoms with E-state index in [1.54, 1.807) is 0 Å². The predicted molar refractivity (Wildman–Crippen MR) is 118 cm³/mol. The molecule has 0 fully saturated rings. The first-order valence-corrected chi connectivity index (χ1v) is 10.7. The summed E-state index contributed by atoms with van der Waals surface area (Å²) in [6.07, 6.45) is 0.899. The van der Waals surface area contributed by atoms with E-state index in [-0.39, 0.29) is 5.91 Å². The van der Waals surface area contributed by atoms with E-state index in [0.29, 0.717) is 21.6 Å². The number of aromatic nitrogens is 2. The van der Waals surface area contributed by atoms with Crippen molar-refractivity contribution in [2.75, 3.05) is 11.1 Å². The lowest BCUT2D eigenvalue weighted by Gasteiger charge is -2.03. The van der Waals surface area contributed by atoms with Gasteiger partial charge in [0, 0.05) is 22.0 Å². The number of nitrogens with one attached hydrogen (secondary N) is 1. The maximum Gasteiger partial charge on any atom is 0.269 e. The smallest absolute Gasteiger partial charge is 0.269 e. The molecule has 0 unspecified atom stereocenters. The van der Waals surface area contributed by atoms with Crippen LogP contribution in [-0.4, -0.2) is 15.9 Å². The molecule has 142 valence electrons. The summed E-state index contributed by atoms with van der Waals surface area (Å²) in [6, 6.07) is 13.8. The van der Waals surface area contributed by atoms with Gasteiger partial charge in [-0.15, -0.1) is 22.7 Å². The Morgan fingerprint density at radius 1 is 1.14 bits per heavy atom. The number of thiazole rings is 1. The fraction of sp³-hybridized carbons (Fsp3) is 0.190. The van der Waals surface area contributed by atoms with E-state index in [0.717, 1.165) is 33.6 Å². The van der Waals surface area contributed by atoms with Crippen LogP contribution in [-0.2, 0) is 6.42 Å². The van der Waals surface area contributed by atoms with Gasteiger partial charge in [0.05, 0.1) is 11.4 Å². The molecular weight excluding hydrogens is 388 g/mol. The number of fused-ring (bicyclic) bond motifs is 1. The molecule has 7 heteroatoms. The standard InChI is InChI=1S/C21H20N4OS2/c1-12(2)10-14-8-9-15-17(22)18(28-20(15)23-14)19(26)25-21-24-16(11-27-21)13-6-4-3-5-7-13/h3-9,11-12H,10,22H2,1-2H3,(H,24,25,26). The van der Waals surface area contributed by atoms with Crippen LogP contribution in [0, 0.1) is 5.92 Å². The first-order valence-electron chi connectivity index (χ1n) is 9.01. The topological polar surface area (TPSA) is 80.9 Å². The van der Waals surface area contributed by atoms with Crippen LogP contribution in [0.25, 0.3) is 21.5 Å². The second-order valence-corrected chi connectivity index (χ2v) is 8.81. The number of pyridine rings is 1. The highest BCUT2D eigenvalue weighted by molar-refractivity contribution is 7.21. The molecular formula is C21H20N4OS2. The zero-order valence-electron chi connectivity index (χ0n) is 15.6. The van der Waals surface area contributed by atoms with Gasteiger partial charge in [-0.1, -0.05) is 44.2 Å². The van der Waals surface area contributed by atoms with E-state index in [1.807, 2.05) is 47.8 Å². The first-order chi connectivity index (χ1) is 13.5. The van der Waals surface area contributed by atoms with Crippen LogP contribution in [0.1, 0.15) is 29.2 Å². The summed E-state index contributed by atoms with van der Waals surface area (Å²) < 4.78 is 0. The van der Waals surface area contributed by atoms with Crippen LogP contribution in [0.2, 0.25) is 0 Å². The maximum atomic E-state index is 12.8. The molecule has 0 aliphatic heterocycles. The minimum Gasteiger partial charge on any atom is -0.397 e. The van der Waals surface area contributed by atoms with Gasteiger partial charge in [0.2, 0.25) is 0 Å². The van der Waals surface area contributed by atoms with Crippen molar-refractivity contribution in [3.63, 3.8) is 0 Å². The Labute approximate surface area is 171 Å². The molecule has 3 heterocycles. The van der Waals surface area contributed by atoms with Gasteiger partial charge in [-0.2, -0.15) is 0 Å². The summed E-state index contributed by atoms with van der Waals surface area (Å²) in [5.41, 5.74) is 9.58. The molecule has 1 aromatic carbocycles. The molecule has 0 radical (unpaired) electrons. The number of hydrogen-bond donors (Lipinski definition) is 2. The number of nitrogen functional groups attached to an aromatic ring is 1. The minimum absolute atomic E-state index is 0.250. The Morgan fingerprint density at radius 3 is 2.68 bits per heavy atom. The summed E-state index contributed by atoms with van der Waals surface area (Å²) >= 11 is 2.72. The van der Waals surface area contributed by atoms with Crippen LogP contribution in [0.3, 0.4) is 0 Å². The lowest BCUT2D eigenvalue weighted by Crippen LogP contribution is -2.11. The van der Waals surface area contributed by atoms with Crippen LogP contribution in [0.5, 0.6) is 0 Å². The summed E-state index contributed by atoms with van der Waals surface area (Å²) in [7, 11) is 0. The summed E-state index contributed by atoms with van der Waals surface area (Å²) in [5, 5.41) is 6.17. The number of anilines is 2. The molecule has 3 aromatic heterocycles. The summed E-state index contributed by atoms with van der Waals surface area (Å²) in [5.74, 6) is 0.272. The third kappa shape index (κ3) is 3.76. The molecule has 0 saturated carbocycles. The molecule has 3 N–H and O–H groups in total. The molecule has 0 aliphatic rings. The van der Waals surface area contributed by atoms with Crippen molar-refractivity contribution < 1.29 is 4.79 Å². The maximum absolute atomic E-state index is 12.8. The van der Waals surface area contributed by atoms with E-state index < -0.39 is 0 Å². The largest absolute Gasteiger partial charge is 0.397 e. The Hall–Kier alpha value is -2.77. The van der Waals surface area contributed by atoms with Gasteiger partial charge in [-0.25, -0.2) is 9.97 Å². The molecule has 4 rings (SSSR count). The van der Waals surface area contributed by atoms with Crippen LogP contribution in [0.4, 0.5) is 10.8 Å². The number of benzene rings is 1. The van der Waals surface area contributed by atoms with Gasteiger partial charge >= 0.3 is 0 Å². The SMILES string of the molecule is CC(C)Cc1ccc2c(N)c(C(=O)Nc3nc(-c4ccccc4)cs3)sc2n1. The van der Waals surface area contributed by atoms with Gasteiger partial charge in [0.15, 0.2) is 5.13 Å². The van der Waals surface area contributed by atoms with Gasteiger partial charge < -0.3 is 5.73 Å². The lowest BCUT2D eigenvalue weighted by atomic mass is 10.1. The average Bonchev–Trinajstić information content (AvgIpc) is 3.26. The normalized spacial score (nSPS) is 11.2. The molecule has 0 atom stereocenters.